The lowest BCUT2D eigenvalue weighted by Crippen LogP contribution is -2.00. The van der Waals surface area contributed by atoms with E-state index in [1.54, 1.807) is 0 Å². The zero-order valence-electron chi connectivity index (χ0n) is 30.4. The summed E-state index contributed by atoms with van der Waals surface area (Å²) < 4.78 is 0. The molecule has 0 bridgehead atoms. The van der Waals surface area contributed by atoms with E-state index in [-0.39, 0.29) is 0 Å². The highest BCUT2D eigenvalue weighted by Gasteiger charge is 2.14. The maximum atomic E-state index is 5.00. The van der Waals surface area contributed by atoms with Crippen LogP contribution in [0, 0.1) is 0 Å². The fraction of sp³-hybridized carbons (Fsp3) is 0. The van der Waals surface area contributed by atoms with Gasteiger partial charge in [-0.3, -0.25) is 4.98 Å². The minimum absolute atomic E-state index is 0.634. The highest BCUT2D eigenvalue weighted by Crippen LogP contribution is 2.37. The van der Waals surface area contributed by atoms with Crippen molar-refractivity contribution in [3.05, 3.63) is 206 Å². The van der Waals surface area contributed by atoms with E-state index < -0.39 is 0 Å². The Hall–Kier alpha value is -7.56. The largest absolute Gasteiger partial charge is 0.256 e. The second-order valence-corrected chi connectivity index (χ2v) is 13.9. The van der Waals surface area contributed by atoms with Crippen LogP contribution < -0.4 is 0 Å². The van der Waals surface area contributed by atoms with E-state index in [2.05, 4.69) is 158 Å². The number of benzene rings is 8. The van der Waals surface area contributed by atoms with Gasteiger partial charge in [0, 0.05) is 33.7 Å². The predicted octanol–water partition coefficient (Wildman–Crippen LogP) is 13.2. The monoisotopic (exact) mass is 714 g/mol. The number of fused-ring (bicyclic) bond motifs is 3. The lowest BCUT2D eigenvalue weighted by atomic mass is 9.92. The fourth-order valence-electron chi connectivity index (χ4n) is 7.50. The topological polar surface area (TPSA) is 51.6 Å². The molecule has 0 N–H and O–H groups in total. The van der Waals surface area contributed by atoms with Crippen LogP contribution in [0.25, 0.3) is 100 Å². The van der Waals surface area contributed by atoms with Crippen molar-refractivity contribution in [2.45, 2.75) is 0 Å². The summed E-state index contributed by atoms with van der Waals surface area (Å²) in [7, 11) is 0. The molecule has 0 aliphatic carbocycles. The number of aromatic nitrogens is 4. The van der Waals surface area contributed by atoms with E-state index in [0.717, 1.165) is 49.8 Å². The quantitative estimate of drug-likeness (QED) is 0.154. The number of pyridine rings is 1. The standard InChI is InChI=1S/C52H34N4/c1-3-12-35(13-4-1)36-23-27-39(28-24-36)51-54-50(38-14-5-2-6-15-38)55-52(56-51)40-29-25-37(26-30-40)41-16-9-17-42(32-41)43-18-10-19-44(33-43)48-34-45-20-11-31-53-49(45)47-22-8-7-21-46(47)48/h1-34H. The van der Waals surface area contributed by atoms with E-state index in [1.807, 2.05) is 48.7 Å². The van der Waals surface area contributed by atoms with Crippen LogP contribution in [0.2, 0.25) is 0 Å². The van der Waals surface area contributed by atoms with Gasteiger partial charge in [0.1, 0.15) is 0 Å². The smallest absolute Gasteiger partial charge is 0.164 e. The Balaban J connectivity index is 0.975. The van der Waals surface area contributed by atoms with Crippen LogP contribution in [0.5, 0.6) is 0 Å². The van der Waals surface area contributed by atoms with Crippen LogP contribution in [-0.4, -0.2) is 19.9 Å². The Morgan fingerprint density at radius 1 is 0.268 bits per heavy atom. The van der Waals surface area contributed by atoms with Crippen molar-refractivity contribution in [3.63, 3.8) is 0 Å². The first-order chi connectivity index (χ1) is 27.7. The summed E-state index contributed by atoms with van der Waals surface area (Å²) in [5.74, 6) is 1.92. The lowest BCUT2D eigenvalue weighted by Gasteiger charge is -2.12. The molecule has 0 radical (unpaired) electrons. The van der Waals surface area contributed by atoms with Crippen LogP contribution in [-0.2, 0) is 0 Å². The van der Waals surface area contributed by atoms with Gasteiger partial charge in [-0.15, -0.1) is 0 Å². The van der Waals surface area contributed by atoms with Crippen molar-refractivity contribution < 1.29 is 0 Å². The van der Waals surface area contributed by atoms with Gasteiger partial charge in [-0.1, -0.05) is 176 Å². The van der Waals surface area contributed by atoms with Gasteiger partial charge in [-0.05, 0) is 74.2 Å². The normalized spacial score (nSPS) is 11.2. The molecular weight excluding hydrogens is 681 g/mol. The number of rotatable bonds is 7. The molecular formula is C52H34N4. The third-order valence-corrected chi connectivity index (χ3v) is 10.4. The SMILES string of the molecule is c1ccc(-c2ccc(-c3nc(-c4ccccc4)nc(-c4ccc(-c5cccc(-c6cccc(-c7cc8cccnc8c8ccccc78)c6)c5)cc4)n3)cc2)cc1. The molecule has 0 aliphatic heterocycles. The molecule has 0 spiro atoms. The van der Waals surface area contributed by atoms with Gasteiger partial charge in [-0.25, -0.2) is 15.0 Å². The molecule has 0 unspecified atom stereocenters. The van der Waals surface area contributed by atoms with Crippen LogP contribution in [0.1, 0.15) is 0 Å². The maximum Gasteiger partial charge on any atom is 0.164 e. The van der Waals surface area contributed by atoms with E-state index in [4.69, 9.17) is 19.9 Å². The van der Waals surface area contributed by atoms with Crippen LogP contribution in [0.4, 0.5) is 0 Å². The molecule has 8 aromatic carbocycles. The second-order valence-electron chi connectivity index (χ2n) is 13.9. The fourth-order valence-corrected chi connectivity index (χ4v) is 7.50. The lowest BCUT2D eigenvalue weighted by molar-refractivity contribution is 1.07. The Kier molecular flexibility index (Phi) is 8.47. The van der Waals surface area contributed by atoms with Crippen LogP contribution in [0.3, 0.4) is 0 Å². The molecule has 0 fully saturated rings. The van der Waals surface area contributed by atoms with Crippen molar-refractivity contribution in [2.24, 2.45) is 0 Å². The molecule has 0 saturated heterocycles. The summed E-state index contributed by atoms with van der Waals surface area (Å²) in [6.45, 7) is 0. The van der Waals surface area contributed by atoms with Gasteiger partial charge >= 0.3 is 0 Å². The summed E-state index contributed by atoms with van der Waals surface area (Å²) in [6.07, 6.45) is 1.87. The van der Waals surface area contributed by atoms with Crippen molar-refractivity contribution >= 4 is 21.7 Å². The van der Waals surface area contributed by atoms with Gasteiger partial charge in [0.2, 0.25) is 0 Å². The van der Waals surface area contributed by atoms with Gasteiger partial charge in [0.25, 0.3) is 0 Å². The zero-order chi connectivity index (χ0) is 37.3. The first-order valence-electron chi connectivity index (χ1n) is 18.8. The molecule has 4 nitrogen and oxygen atoms in total. The summed E-state index contributed by atoms with van der Waals surface area (Å²) in [6, 6.07) is 70.0. The van der Waals surface area contributed by atoms with Gasteiger partial charge in [0.15, 0.2) is 17.5 Å². The maximum absolute atomic E-state index is 5.00. The van der Waals surface area contributed by atoms with E-state index in [0.29, 0.717) is 17.5 Å². The highest BCUT2D eigenvalue weighted by atomic mass is 15.0. The Labute approximate surface area is 325 Å². The van der Waals surface area contributed by atoms with E-state index in [1.165, 1.54) is 33.0 Å². The summed E-state index contributed by atoms with van der Waals surface area (Å²) in [5, 5.41) is 3.50. The summed E-state index contributed by atoms with van der Waals surface area (Å²) in [4.78, 5) is 19.6. The highest BCUT2D eigenvalue weighted by molar-refractivity contribution is 6.12. The third kappa shape index (κ3) is 6.40. The molecule has 0 atom stereocenters. The number of hydrogen-bond donors (Lipinski definition) is 0. The molecule has 10 aromatic rings. The molecule has 0 saturated carbocycles. The molecule has 0 aliphatic rings. The van der Waals surface area contributed by atoms with Crippen molar-refractivity contribution in [1.29, 1.82) is 0 Å². The molecule has 10 rings (SSSR count). The van der Waals surface area contributed by atoms with Gasteiger partial charge < -0.3 is 0 Å². The average Bonchev–Trinajstić information content (AvgIpc) is 3.29. The first kappa shape index (κ1) is 33.0. The van der Waals surface area contributed by atoms with Crippen LogP contribution >= 0.6 is 0 Å². The number of nitrogens with zero attached hydrogens (tertiary/aromatic N) is 4. The zero-order valence-corrected chi connectivity index (χ0v) is 30.4. The number of hydrogen-bond acceptors (Lipinski definition) is 4. The molecule has 2 aromatic heterocycles. The Morgan fingerprint density at radius 2 is 0.679 bits per heavy atom. The molecule has 0 amide bonds. The van der Waals surface area contributed by atoms with Gasteiger partial charge in [-0.2, -0.15) is 0 Å². The molecule has 4 heteroatoms. The summed E-state index contributed by atoms with van der Waals surface area (Å²) >= 11 is 0. The van der Waals surface area contributed by atoms with Gasteiger partial charge in [0.05, 0.1) is 5.52 Å². The Morgan fingerprint density at radius 3 is 1.29 bits per heavy atom. The second kappa shape index (κ2) is 14.3. The minimum atomic E-state index is 0.634. The van der Waals surface area contributed by atoms with Crippen LogP contribution in [0.15, 0.2) is 206 Å². The van der Waals surface area contributed by atoms with Crippen molar-refractivity contribution in [3.8, 4) is 78.7 Å². The van der Waals surface area contributed by atoms with Crippen molar-refractivity contribution in [2.75, 3.05) is 0 Å². The summed E-state index contributed by atoms with van der Waals surface area (Å²) in [5.41, 5.74) is 13.1. The first-order valence-corrected chi connectivity index (χ1v) is 18.8. The third-order valence-electron chi connectivity index (χ3n) is 10.4. The minimum Gasteiger partial charge on any atom is -0.256 e. The molecule has 2 heterocycles. The van der Waals surface area contributed by atoms with E-state index >= 15 is 0 Å². The molecule has 262 valence electrons. The molecule has 56 heavy (non-hydrogen) atoms. The van der Waals surface area contributed by atoms with Crippen molar-refractivity contribution in [1.82, 2.24) is 19.9 Å². The Bertz CT molecular complexity index is 2990. The predicted molar refractivity (Wildman–Crippen MR) is 231 cm³/mol. The van der Waals surface area contributed by atoms with E-state index in [9.17, 15) is 0 Å². The average molecular weight is 715 g/mol.